The summed E-state index contributed by atoms with van der Waals surface area (Å²) in [5, 5.41) is 19.9. The number of rotatable bonds is 5. The Hall–Kier alpha value is -1.35. The van der Waals surface area contributed by atoms with E-state index in [1.165, 1.54) is 12.8 Å². The standard InChI is InChI=1S/C30H46O3/c1-19(9-8-10-20(2)26(32)33)21-13-17-30(7)23-11-12-24-27(3,4)25(31)15-16-28(24,5)22(23)14-18-29(21,30)6/h10-11,14,19,21,24-25,31H,8-9,12-13,15-18H2,1-7H3,(H,32,33). The fourth-order valence-corrected chi connectivity index (χ4v) is 8.80. The normalized spacial score (nSPS) is 43.0. The third-order valence-electron chi connectivity index (χ3n) is 11.4. The SMILES string of the molecule is CC(=CCCC(C)C1CCC2(C)C3=CCC4C(C)(CCC(O)C4(C)C)C3=CCC12C)C(=O)O. The number of aliphatic hydroxyl groups is 1. The van der Waals surface area contributed by atoms with Gasteiger partial charge in [0.1, 0.15) is 0 Å². The molecule has 0 aliphatic heterocycles. The Labute approximate surface area is 201 Å². The Morgan fingerprint density at radius 2 is 1.82 bits per heavy atom. The van der Waals surface area contributed by atoms with Crippen molar-refractivity contribution in [3.05, 3.63) is 34.9 Å². The Morgan fingerprint density at radius 1 is 1.12 bits per heavy atom. The average molecular weight is 455 g/mol. The van der Waals surface area contributed by atoms with E-state index in [0.717, 1.165) is 38.5 Å². The summed E-state index contributed by atoms with van der Waals surface area (Å²) in [5.74, 6) is 0.940. The van der Waals surface area contributed by atoms with Gasteiger partial charge in [0.2, 0.25) is 0 Å². The zero-order chi connectivity index (χ0) is 24.4. The predicted octanol–water partition coefficient (Wildman–Crippen LogP) is 7.32. The van der Waals surface area contributed by atoms with Gasteiger partial charge in [-0.05, 0) is 109 Å². The van der Waals surface area contributed by atoms with Crippen molar-refractivity contribution in [1.29, 1.82) is 0 Å². The Kier molecular flexibility index (Phi) is 6.08. The molecule has 0 heterocycles. The van der Waals surface area contributed by atoms with Crippen molar-refractivity contribution < 1.29 is 15.0 Å². The molecule has 2 fully saturated rings. The van der Waals surface area contributed by atoms with Gasteiger partial charge in [-0.3, -0.25) is 0 Å². The lowest BCUT2D eigenvalue weighted by atomic mass is 9.44. The van der Waals surface area contributed by atoms with Crippen LogP contribution in [0.5, 0.6) is 0 Å². The highest BCUT2D eigenvalue weighted by Gasteiger charge is 2.62. The minimum absolute atomic E-state index is 0.0498. The van der Waals surface area contributed by atoms with E-state index in [1.807, 2.05) is 6.08 Å². The van der Waals surface area contributed by atoms with Crippen LogP contribution in [0.25, 0.3) is 0 Å². The highest BCUT2D eigenvalue weighted by Crippen LogP contribution is 2.71. The molecule has 4 aliphatic rings. The second-order valence-electron chi connectivity index (χ2n) is 13.2. The third-order valence-corrected chi connectivity index (χ3v) is 11.4. The summed E-state index contributed by atoms with van der Waals surface area (Å²) in [6, 6.07) is 0. The van der Waals surface area contributed by atoms with Crippen LogP contribution in [0.3, 0.4) is 0 Å². The van der Waals surface area contributed by atoms with Gasteiger partial charge in [0, 0.05) is 5.57 Å². The smallest absolute Gasteiger partial charge is 0.330 e. The van der Waals surface area contributed by atoms with Gasteiger partial charge in [0.25, 0.3) is 0 Å². The van der Waals surface area contributed by atoms with Crippen LogP contribution < -0.4 is 0 Å². The van der Waals surface area contributed by atoms with Gasteiger partial charge in [-0.1, -0.05) is 59.8 Å². The lowest BCUT2D eigenvalue weighted by Crippen LogP contribution is -2.54. The maximum atomic E-state index is 11.1. The highest BCUT2D eigenvalue weighted by atomic mass is 16.4. The Morgan fingerprint density at radius 3 is 2.48 bits per heavy atom. The molecule has 33 heavy (non-hydrogen) atoms. The first-order valence-electron chi connectivity index (χ1n) is 13.3. The second kappa shape index (κ2) is 8.11. The Bertz CT molecular complexity index is 908. The monoisotopic (exact) mass is 454 g/mol. The van der Waals surface area contributed by atoms with E-state index in [9.17, 15) is 9.90 Å². The molecule has 7 unspecified atom stereocenters. The minimum atomic E-state index is -0.803. The zero-order valence-electron chi connectivity index (χ0n) is 22.0. The largest absolute Gasteiger partial charge is 0.478 e. The van der Waals surface area contributed by atoms with Crippen LogP contribution in [0.4, 0.5) is 0 Å². The van der Waals surface area contributed by atoms with Gasteiger partial charge in [-0.15, -0.1) is 0 Å². The number of carboxylic acids is 1. The molecule has 3 nitrogen and oxygen atoms in total. The number of aliphatic carboxylic acids is 1. The van der Waals surface area contributed by atoms with Crippen molar-refractivity contribution in [2.24, 2.45) is 39.4 Å². The van der Waals surface area contributed by atoms with Gasteiger partial charge >= 0.3 is 5.97 Å². The van der Waals surface area contributed by atoms with E-state index in [4.69, 9.17) is 5.11 Å². The number of carboxylic acid groups (broad SMARTS) is 1. The van der Waals surface area contributed by atoms with Crippen molar-refractivity contribution >= 4 is 5.97 Å². The second-order valence-corrected chi connectivity index (χ2v) is 13.2. The van der Waals surface area contributed by atoms with Crippen LogP contribution in [0, 0.1) is 39.4 Å². The molecule has 3 heteroatoms. The number of hydrogen-bond acceptors (Lipinski definition) is 2. The molecular weight excluding hydrogens is 408 g/mol. The van der Waals surface area contributed by atoms with Crippen molar-refractivity contribution in [1.82, 2.24) is 0 Å². The van der Waals surface area contributed by atoms with Crippen LogP contribution in [0.2, 0.25) is 0 Å². The van der Waals surface area contributed by atoms with Gasteiger partial charge in [-0.2, -0.15) is 0 Å². The topological polar surface area (TPSA) is 57.5 Å². The molecule has 7 atom stereocenters. The predicted molar refractivity (Wildman–Crippen MR) is 135 cm³/mol. The van der Waals surface area contributed by atoms with Crippen molar-refractivity contribution in [3.63, 3.8) is 0 Å². The van der Waals surface area contributed by atoms with Gasteiger partial charge < -0.3 is 10.2 Å². The van der Waals surface area contributed by atoms with E-state index >= 15 is 0 Å². The summed E-state index contributed by atoms with van der Waals surface area (Å²) in [7, 11) is 0. The van der Waals surface area contributed by atoms with E-state index in [0.29, 0.717) is 23.3 Å². The number of fused-ring (bicyclic) bond motifs is 5. The zero-order valence-corrected chi connectivity index (χ0v) is 22.0. The number of allylic oxidation sites excluding steroid dienone is 5. The molecule has 0 bridgehead atoms. The quantitative estimate of drug-likeness (QED) is 0.428. The Balaban J connectivity index is 1.61. The number of aliphatic hydroxyl groups excluding tert-OH is 1. The molecule has 2 N–H and O–H groups in total. The van der Waals surface area contributed by atoms with Crippen LogP contribution in [-0.2, 0) is 4.79 Å². The minimum Gasteiger partial charge on any atom is -0.478 e. The van der Waals surface area contributed by atoms with Gasteiger partial charge in [0.05, 0.1) is 6.10 Å². The first kappa shape index (κ1) is 24.8. The molecule has 0 aromatic carbocycles. The fourth-order valence-electron chi connectivity index (χ4n) is 8.80. The summed E-state index contributed by atoms with van der Waals surface area (Å²) < 4.78 is 0. The molecule has 0 radical (unpaired) electrons. The molecule has 0 spiro atoms. The van der Waals surface area contributed by atoms with E-state index in [2.05, 4.69) is 53.7 Å². The van der Waals surface area contributed by atoms with Crippen LogP contribution in [-0.4, -0.2) is 22.3 Å². The van der Waals surface area contributed by atoms with E-state index in [-0.39, 0.29) is 27.8 Å². The van der Waals surface area contributed by atoms with Crippen LogP contribution in [0.15, 0.2) is 34.9 Å². The molecule has 0 amide bonds. The number of carbonyl (C=O) groups is 1. The van der Waals surface area contributed by atoms with Gasteiger partial charge in [-0.25, -0.2) is 4.79 Å². The molecule has 4 aliphatic carbocycles. The summed E-state index contributed by atoms with van der Waals surface area (Å²) in [5.41, 5.74) is 4.26. The maximum Gasteiger partial charge on any atom is 0.330 e. The number of hydrogen-bond donors (Lipinski definition) is 2. The first-order chi connectivity index (χ1) is 15.3. The lowest BCUT2D eigenvalue weighted by Gasteiger charge is -2.61. The van der Waals surface area contributed by atoms with Crippen molar-refractivity contribution in [3.8, 4) is 0 Å². The van der Waals surface area contributed by atoms with Crippen molar-refractivity contribution in [2.75, 3.05) is 0 Å². The van der Waals surface area contributed by atoms with Gasteiger partial charge in [0.15, 0.2) is 0 Å². The average Bonchev–Trinajstić information content (AvgIpc) is 3.02. The molecule has 4 rings (SSSR count). The molecular formula is C30H46O3. The summed E-state index contributed by atoms with van der Waals surface area (Å²) >= 11 is 0. The summed E-state index contributed by atoms with van der Waals surface area (Å²) in [6.45, 7) is 16.2. The molecule has 2 saturated carbocycles. The third kappa shape index (κ3) is 3.51. The molecule has 0 saturated heterocycles. The highest BCUT2D eigenvalue weighted by molar-refractivity contribution is 5.85. The lowest BCUT2D eigenvalue weighted by molar-refractivity contribution is -0.132. The molecule has 184 valence electrons. The maximum absolute atomic E-state index is 11.1. The van der Waals surface area contributed by atoms with Crippen LogP contribution in [0.1, 0.15) is 99.8 Å². The van der Waals surface area contributed by atoms with Crippen LogP contribution >= 0.6 is 0 Å². The fraction of sp³-hybridized carbons (Fsp3) is 0.767. The molecule has 0 aromatic rings. The summed E-state index contributed by atoms with van der Waals surface area (Å²) in [6.07, 6.45) is 15.5. The van der Waals surface area contributed by atoms with Crippen molar-refractivity contribution in [2.45, 2.75) is 106 Å². The first-order valence-corrected chi connectivity index (χ1v) is 13.3. The summed E-state index contributed by atoms with van der Waals surface area (Å²) in [4.78, 5) is 11.1. The van der Waals surface area contributed by atoms with E-state index in [1.54, 1.807) is 18.1 Å². The molecule has 0 aromatic heterocycles. The van der Waals surface area contributed by atoms with E-state index < -0.39 is 5.97 Å².